The van der Waals surface area contributed by atoms with Crippen molar-refractivity contribution in [2.75, 3.05) is 0 Å². The van der Waals surface area contributed by atoms with E-state index in [0.717, 1.165) is 5.92 Å². The second-order valence-electron chi connectivity index (χ2n) is 4.93. The molecule has 13 heavy (non-hydrogen) atoms. The van der Waals surface area contributed by atoms with Gasteiger partial charge in [-0.3, -0.25) is 0 Å². The first-order valence-electron chi connectivity index (χ1n) is 5.60. The molecule has 0 aliphatic rings. The van der Waals surface area contributed by atoms with Crippen molar-refractivity contribution in [3.63, 3.8) is 0 Å². The molecule has 0 aliphatic heterocycles. The molecule has 0 N–H and O–H groups in total. The van der Waals surface area contributed by atoms with Crippen molar-refractivity contribution in [2.24, 2.45) is 11.3 Å². The summed E-state index contributed by atoms with van der Waals surface area (Å²) in [6.07, 6.45) is 5.29. The molecule has 0 aromatic rings. The van der Waals surface area contributed by atoms with Gasteiger partial charge in [-0.2, -0.15) is 0 Å². The van der Waals surface area contributed by atoms with Gasteiger partial charge in [0.2, 0.25) is 0 Å². The molecule has 0 aromatic heterocycles. The van der Waals surface area contributed by atoms with Gasteiger partial charge in [0.1, 0.15) is 0 Å². The van der Waals surface area contributed by atoms with E-state index in [4.69, 9.17) is 0 Å². The minimum absolute atomic E-state index is 0.329. The number of hydrogen-bond acceptors (Lipinski definition) is 0. The smallest absolute Gasteiger partial charge is 0.0148 e. The van der Waals surface area contributed by atoms with Crippen LogP contribution >= 0.6 is 0 Å². The minimum Gasteiger partial charge on any atom is -0.0996 e. The molecule has 0 rings (SSSR count). The van der Waals surface area contributed by atoms with Crippen LogP contribution in [0.25, 0.3) is 0 Å². The monoisotopic (exact) mass is 182 g/mol. The molecule has 0 spiro atoms. The van der Waals surface area contributed by atoms with E-state index < -0.39 is 0 Å². The number of rotatable bonds is 6. The van der Waals surface area contributed by atoms with Gasteiger partial charge in [-0.25, -0.2) is 0 Å². The summed E-state index contributed by atoms with van der Waals surface area (Å²) in [4.78, 5) is 0. The molecule has 0 heteroatoms. The predicted octanol–water partition coefficient (Wildman–Crippen LogP) is 4.81. The molecule has 0 radical (unpaired) electrons. The lowest BCUT2D eigenvalue weighted by molar-refractivity contribution is 0.294. The zero-order valence-corrected chi connectivity index (χ0v) is 10.1. The fraction of sp³-hybridized carbons (Fsp3) is 0.846. The Labute approximate surface area is 84.4 Å². The largest absolute Gasteiger partial charge is 0.0996 e. The molecule has 0 bridgehead atoms. The zero-order valence-electron chi connectivity index (χ0n) is 10.1. The van der Waals surface area contributed by atoms with Gasteiger partial charge < -0.3 is 0 Å². The average molecular weight is 182 g/mol. The molecule has 0 saturated heterocycles. The predicted molar refractivity (Wildman–Crippen MR) is 61.9 cm³/mol. The molecule has 1 atom stereocenters. The molecule has 0 nitrogen and oxygen atoms in total. The summed E-state index contributed by atoms with van der Waals surface area (Å²) in [5.74, 6) is 0.886. The first-order valence-corrected chi connectivity index (χ1v) is 5.60. The summed E-state index contributed by atoms with van der Waals surface area (Å²) in [5, 5.41) is 0. The van der Waals surface area contributed by atoms with E-state index in [-0.39, 0.29) is 0 Å². The van der Waals surface area contributed by atoms with E-state index in [1.807, 2.05) is 0 Å². The lowest BCUT2D eigenvalue weighted by atomic mass is 9.76. The summed E-state index contributed by atoms with van der Waals surface area (Å²) < 4.78 is 0. The van der Waals surface area contributed by atoms with Crippen LogP contribution in [-0.2, 0) is 0 Å². The van der Waals surface area contributed by atoms with Crippen molar-refractivity contribution < 1.29 is 0 Å². The van der Waals surface area contributed by atoms with Gasteiger partial charge in [0, 0.05) is 0 Å². The van der Waals surface area contributed by atoms with Crippen molar-refractivity contribution in [2.45, 2.75) is 60.3 Å². The van der Waals surface area contributed by atoms with E-state index in [1.165, 1.54) is 31.3 Å². The van der Waals surface area contributed by atoms with Crippen molar-refractivity contribution in [1.29, 1.82) is 0 Å². The third-order valence-corrected chi connectivity index (χ3v) is 3.23. The summed E-state index contributed by atoms with van der Waals surface area (Å²) in [6, 6.07) is 0. The van der Waals surface area contributed by atoms with Crippen LogP contribution in [0.1, 0.15) is 60.3 Å². The Morgan fingerprint density at radius 3 is 2.15 bits per heavy atom. The van der Waals surface area contributed by atoms with E-state index in [0.29, 0.717) is 5.41 Å². The molecule has 0 saturated carbocycles. The van der Waals surface area contributed by atoms with Crippen molar-refractivity contribution >= 4 is 0 Å². The quantitative estimate of drug-likeness (QED) is 0.517. The third kappa shape index (κ3) is 4.50. The fourth-order valence-corrected chi connectivity index (χ4v) is 1.75. The van der Waals surface area contributed by atoms with Crippen LogP contribution in [0.2, 0.25) is 0 Å². The van der Waals surface area contributed by atoms with E-state index >= 15 is 0 Å². The van der Waals surface area contributed by atoms with E-state index in [1.54, 1.807) is 0 Å². The normalized spacial score (nSPS) is 14.2. The van der Waals surface area contributed by atoms with Crippen LogP contribution < -0.4 is 0 Å². The van der Waals surface area contributed by atoms with Gasteiger partial charge in [0.15, 0.2) is 0 Å². The van der Waals surface area contributed by atoms with E-state index in [9.17, 15) is 0 Å². The van der Waals surface area contributed by atoms with Crippen LogP contribution in [-0.4, -0.2) is 0 Å². The first kappa shape index (κ1) is 12.7. The minimum atomic E-state index is 0.329. The Bertz CT molecular complexity index is 153. The highest BCUT2D eigenvalue weighted by Gasteiger charge is 2.22. The highest BCUT2D eigenvalue weighted by atomic mass is 14.3. The topological polar surface area (TPSA) is 0 Å². The van der Waals surface area contributed by atoms with Gasteiger partial charge >= 0.3 is 0 Å². The Hall–Kier alpha value is -0.260. The van der Waals surface area contributed by atoms with Crippen LogP contribution in [0.3, 0.4) is 0 Å². The standard InChI is InChI=1S/C13H26/c1-7-9-12(8-2)10-13(5,6)11(3)4/h12H,3,7-10H2,1-2,4-6H3. The molecule has 0 aromatic carbocycles. The Morgan fingerprint density at radius 2 is 1.85 bits per heavy atom. The van der Waals surface area contributed by atoms with Crippen LogP contribution in [0.5, 0.6) is 0 Å². The van der Waals surface area contributed by atoms with Crippen LogP contribution in [0.15, 0.2) is 12.2 Å². The Morgan fingerprint density at radius 1 is 1.31 bits per heavy atom. The van der Waals surface area contributed by atoms with Crippen LogP contribution in [0.4, 0.5) is 0 Å². The van der Waals surface area contributed by atoms with Crippen molar-refractivity contribution in [1.82, 2.24) is 0 Å². The second-order valence-corrected chi connectivity index (χ2v) is 4.93. The van der Waals surface area contributed by atoms with E-state index in [2.05, 4.69) is 41.2 Å². The molecule has 1 unspecified atom stereocenters. The zero-order chi connectivity index (χ0) is 10.5. The van der Waals surface area contributed by atoms with Gasteiger partial charge in [-0.05, 0) is 24.7 Å². The molecule has 78 valence electrons. The molecular weight excluding hydrogens is 156 g/mol. The number of allylic oxidation sites excluding steroid dienone is 1. The van der Waals surface area contributed by atoms with Crippen molar-refractivity contribution in [3.8, 4) is 0 Å². The highest BCUT2D eigenvalue weighted by molar-refractivity contribution is 5.03. The van der Waals surface area contributed by atoms with Crippen molar-refractivity contribution in [3.05, 3.63) is 12.2 Å². The second kappa shape index (κ2) is 5.47. The Balaban J connectivity index is 4.13. The lowest BCUT2D eigenvalue weighted by Crippen LogP contribution is -2.17. The summed E-state index contributed by atoms with van der Waals surface area (Å²) >= 11 is 0. The van der Waals surface area contributed by atoms with Crippen LogP contribution in [0, 0.1) is 11.3 Å². The third-order valence-electron chi connectivity index (χ3n) is 3.23. The molecule has 0 amide bonds. The summed E-state index contributed by atoms with van der Waals surface area (Å²) in [6.45, 7) is 15.4. The lowest BCUT2D eigenvalue weighted by Gasteiger charge is -2.29. The molecular formula is C13H26. The maximum atomic E-state index is 4.07. The van der Waals surface area contributed by atoms with Gasteiger partial charge in [0.05, 0.1) is 0 Å². The average Bonchev–Trinajstić information content (AvgIpc) is 2.03. The Kier molecular flexibility index (Phi) is 5.36. The fourth-order valence-electron chi connectivity index (χ4n) is 1.75. The first-order chi connectivity index (χ1) is 5.94. The molecule has 0 heterocycles. The summed E-state index contributed by atoms with van der Waals surface area (Å²) in [5.41, 5.74) is 1.65. The highest BCUT2D eigenvalue weighted by Crippen LogP contribution is 2.34. The van der Waals surface area contributed by atoms with Gasteiger partial charge in [-0.1, -0.05) is 59.1 Å². The maximum Gasteiger partial charge on any atom is -0.0148 e. The number of hydrogen-bond donors (Lipinski definition) is 0. The maximum absolute atomic E-state index is 4.07. The molecule has 0 aliphatic carbocycles. The summed E-state index contributed by atoms with van der Waals surface area (Å²) in [7, 11) is 0. The van der Waals surface area contributed by atoms with Gasteiger partial charge in [0.25, 0.3) is 0 Å². The SMILES string of the molecule is C=C(C)C(C)(C)CC(CC)CCC. The molecule has 0 fully saturated rings. The van der Waals surface area contributed by atoms with Gasteiger partial charge in [-0.15, -0.1) is 0 Å².